The number of carbonyl (C=O) groups excluding carboxylic acids is 2. The van der Waals surface area contributed by atoms with E-state index >= 15 is 0 Å². The molecule has 0 saturated heterocycles. The molecule has 2 amide bonds. The Morgan fingerprint density at radius 1 is 0.879 bits per heavy atom. The first-order chi connectivity index (χ1) is 16.0. The second-order valence-corrected chi connectivity index (χ2v) is 9.45. The molecule has 0 aliphatic heterocycles. The van der Waals surface area contributed by atoms with Crippen molar-refractivity contribution in [2.24, 2.45) is 0 Å². The average molecular weight is 501 g/mol. The van der Waals surface area contributed by atoms with E-state index in [2.05, 4.69) is 5.32 Å². The second kappa shape index (κ2) is 12.7. The zero-order chi connectivity index (χ0) is 23.6. The summed E-state index contributed by atoms with van der Waals surface area (Å²) < 4.78 is 0. The molecule has 1 N–H and O–H groups in total. The van der Waals surface area contributed by atoms with E-state index < -0.39 is 6.04 Å². The van der Waals surface area contributed by atoms with Crippen LogP contribution in [-0.4, -0.2) is 35.6 Å². The Kier molecular flexibility index (Phi) is 9.67. The number of halogens is 2. The molecule has 172 valence electrons. The normalized spacial score (nSPS) is 11.6. The molecule has 33 heavy (non-hydrogen) atoms. The van der Waals surface area contributed by atoms with Crippen LogP contribution in [-0.2, 0) is 28.3 Å². The van der Waals surface area contributed by atoms with Gasteiger partial charge in [-0.05, 0) is 41.0 Å². The van der Waals surface area contributed by atoms with Crippen LogP contribution in [0.3, 0.4) is 0 Å². The van der Waals surface area contributed by atoms with Gasteiger partial charge in [0.05, 0.1) is 5.75 Å². The van der Waals surface area contributed by atoms with E-state index in [1.807, 2.05) is 72.8 Å². The summed E-state index contributed by atoms with van der Waals surface area (Å²) >= 11 is 13.6. The third-order valence-corrected chi connectivity index (χ3v) is 6.64. The lowest BCUT2D eigenvalue weighted by molar-refractivity contribution is -0.139. The van der Waals surface area contributed by atoms with Crippen LogP contribution in [0.5, 0.6) is 0 Å². The predicted molar refractivity (Wildman–Crippen MR) is 138 cm³/mol. The summed E-state index contributed by atoms with van der Waals surface area (Å²) in [6.07, 6.45) is 0.425. The topological polar surface area (TPSA) is 49.4 Å². The molecule has 1 atom stereocenters. The Labute approximate surface area is 209 Å². The van der Waals surface area contributed by atoms with Gasteiger partial charge in [0, 0.05) is 35.8 Å². The number of nitrogens with zero attached hydrogens (tertiary/aromatic N) is 1. The molecule has 0 aliphatic rings. The first kappa shape index (κ1) is 25.2. The lowest BCUT2D eigenvalue weighted by Crippen LogP contribution is -2.50. The van der Waals surface area contributed by atoms with Crippen molar-refractivity contribution in [2.75, 3.05) is 12.8 Å². The van der Waals surface area contributed by atoms with Crippen LogP contribution in [0.25, 0.3) is 0 Å². The number of benzene rings is 3. The van der Waals surface area contributed by atoms with Gasteiger partial charge in [-0.3, -0.25) is 9.59 Å². The minimum atomic E-state index is -0.639. The summed E-state index contributed by atoms with van der Waals surface area (Å²) in [7, 11) is 1.59. The molecule has 0 saturated carbocycles. The van der Waals surface area contributed by atoms with Crippen molar-refractivity contribution >= 4 is 46.8 Å². The maximum absolute atomic E-state index is 13.4. The molecule has 3 aromatic carbocycles. The second-order valence-electron chi connectivity index (χ2n) is 7.59. The summed E-state index contributed by atoms with van der Waals surface area (Å²) in [6, 6.07) is 24.0. The lowest BCUT2D eigenvalue weighted by atomic mass is 10.0. The largest absolute Gasteiger partial charge is 0.357 e. The van der Waals surface area contributed by atoms with Gasteiger partial charge in [-0.15, -0.1) is 11.8 Å². The fourth-order valence-corrected chi connectivity index (χ4v) is 4.68. The SMILES string of the molecule is CNC(=O)C(Cc1ccccc1)N(Cc1cccc(Cl)c1)C(=O)CSCc1ccc(Cl)cc1. The summed E-state index contributed by atoms with van der Waals surface area (Å²) in [5, 5.41) is 4.00. The molecule has 7 heteroatoms. The Morgan fingerprint density at radius 3 is 2.24 bits per heavy atom. The van der Waals surface area contributed by atoms with E-state index in [-0.39, 0.29) is 17.6 Å². The molecule has 0 heterocycles. The van der Waals surface area contributed by atoms with Gasteiger partial charge in [-0.25, -0.2) is 0 Å². The van der Waals surface area contributed by atoms with Crippen LogP contribution < -0.4 is 5.32 Å². The minimum absolute atomic E-state index is 0.0986. The summed E-state index contributed by atoms with van der Waals surface area (Å²) in [5.41, 5.74) is 2.95. The van der Waals surface area contributed by atoms with Gasteiger partial charge < -0.3 is 10.2 Å². The highest BCUT2D eigenvalue weighted by atomic mass is 35.5. The number of rotatable bonds is 10. The van der Waals surface area contributed by atoms with Crippen LogP contribution in [0, 0.1) is 0 Å². The van der Waals surface area contributed by atoms with E-state index in [0.717, 1.165) is 16.7 Å². The maximum atomic E-state index is 13.4. The maximum Gasteiger partial charge on any atom is 0.242 e. The van der Waals surface area contributed by atoms with Gasteiger partial charge in [0.15, 0.2) is 0 Å². The zero-order valence-electron chi connectivity index (χ0n) is 18.3. The summed E-state index contributed by atoms with van der Waals surface area (Å²) in [4.78, 5) is 28.0. The Balaban J connectivity index is 1.80. The van der Waals surface area contributed by atoms with E-state index in [1.54, 1.807) is 18.0 Å². The summed E-state index contributed by atoms with van der Waals surface area (Å²) in [5.74, 6) is 0.637. The van der Waals surface area contributed by atoms with Crippen molar-refractivity contribution in [3.05, 3.63) is 106 Å². The fourth-order valence-electron chi connectivity index (χ4n) is 3.47. The third-order valence-electron chi connectivity index (χ3n) is 5.17. The number of carbonyl (C=O) groups is 2. The van der Waals surface area contributed by atoms with Crippen molar-refractivity contribution in [1.29, 1.82) is 0 Å². The van der Waals surface area contributed by atoms with Gasteiger partial charge in [-0.2, -0.15) is 0 Å². The smallest absolute Gasteiger partial charge is 0.242 e. The molecule has 0 aliphatic carbocycles. The minimum Gasteiger partial charge on any atom is -0.357 e. The first-order valence-electron chi connectivity index (χ1n) is 10.6. The number of nitrogens with one attached hydrogen (secondary N) is 1. The summed E-state index contributed by atoms with van der Waals surface area (Å²) in [6.45, 7) is 0.297. The van der Waals surface area contributed by atoms with Crippen molar-refractivity contribution in [3.8, 4) is 0 Å². The van der Waals surface area contributed by atoms with Gasteiger partial charge in [-0.1, -0.05) is 77.8 Å². The fraction of sp³-hybridized carbons (Fsp3) is 0.231. The van der Waals surface area contributed by atoms with Crippen molar-refractivity contribution in [3.63, 3.8) is 0 Å². The van der Waals surface area contributed by atoms with Gasteiger partial charge in [0.25, 0.3) is 0 Å². The molecule has 0 spiro atoms. The molecule has 3 rings (SSSR count). The molecular formula is C26H26Cl2N2O2S. The highest BCUT2D eigenvalue weighted by Crippen LogP contribution is 2.20. The highest BCUT2D eigenvalue weighted by molar-refractivity contribution is 7.99. The van der Waals surface area contributed by atoms with Crippen LogP contribution in [0.15, 0.2) is 78.9 Å². The van der Waals surface area contributed by atoms with Crippen molar-refractivity contribution in [1.82, 2.24) is 10.2 Å². The molecular weight excluding hydrogens is 475 g/mol. The molecule has 3 aromatic rings. The molecule has 0 aromatic heterocycles. The lowest BCUT2D eigenvalue weighted by Gasteiger charge is -2.31. The number of likely N-dealkylation sites (N-methyl/N-ethyl adjacent to an activating group) is 1. The van der Waals surface area contributed by atoms with Gasteiger partial charge in [0.2, 0.25) is 11.8 Å². The van der Waals surface area contributed by atoms with E-state index in [9.17, 15) is 9.59 Å². The first-order valence-corrected chi connectivity index (χ1v) is 12.5. The van der Waals surface area contributed by atoms with E-state index in [4.69, 9.17) is 23.2 Å². The third kappa shape index (κ3) is 7.81. The van der Waals surface area contributed by atoms with Crippen LogP contribution in [0.2, 0.25) is 10.0 Å². The van der Waals surface area contributed by atoms with Crippen LogP contribution in [0.4, 0.5) is 0 Å². The molecule has 1 unspecified atom stereocenters. The molecule has 4 nitrogen and oxygen atoms in total. The standard InChI is InChI=1S/C26H26Cl2N2O2S/c1-29-26(32)24(15-19-6-3-2-4-7-19)30(16-21-8-5-9-23(28)14-21)25(31)18-33-17-20-10-12-22(27)13-11-20/h2-14,24H,15-18H2,1H3,(H,29,32). The number of amides is 2. The quantitative estimate of drug-likeness (QED) is 0.393. The highest BCUT2D eigenvalue weighted by Gasteiger charge is 2.29. The van der Waals surface area contributed by atoms with Gasteiger partial charge >= 0.3 is 0 Å². The number of thioether (sulfide) groups is 1. The zero-order valence-corrected chi connectivity index (χ0v) is 20.7. The van der Waals surface area contributed by atoms with Crippen LogP contribution >= 0.6 is 35.0 Å². The predicted octanol–water partition coefficient (Wildman–Crippen LogP) is 5.61. The van der Waals surface area contributed by atoms with Crippen LogP contribution in [0.1, 0.15) is 16.7 Å². The van der Waals surface area contributed by atoms with Crippen molar-refractivity contribution in [2.45, 2.75) is 24.8 Å². The van der Waals surface area contributed by atoms with Gasteiger partial charge in [0.1, 0.15) is 6.04 Å². The van der Waals surface area contributed by atoms with E-state index in [0.29, 0.717) is 28.8 Å². The Hall–Kier alpha value is -2.47. The molecule has 0 radical (unpaired) electrons. The Morgan fingerprint density at radius 2 is 1.58 bits per heavy atom. The molecule has 0 fully saturated rings. The Bertz CT molecular complexity index is 1060. The van der Waals surface area contributed by atoms with E-state index in [1.165, 1.54) is 11.8 Å². The average Bonchev–Trinajstić information content (AvgIpc) is 2.82. The number of hydrogen-bond donors (Lipinski definition) is 1. The monoisotopic (exact) mass is 500 g/mol. The molecule has 0 bridgehead atoms. The van der Waals surface area contributed by atoms with Crippen molar-refractivity contribution < 1.29 is 9.59 Å². The number of hydrogen-bond acceptors (Lipinski definition) is 3.